The van der Waals surface area contributed by atoms with Crippen LogP contribution < -0.4 is 10.3 Å². The van der Waals surface area contributed by atoms with Crippen molar-refractivity contribution in [1.29, 1.82) is 0 Å². The molecular formula is C15H13ClF3NO. The molecule has 0 fully saturated rings. The lowest BCUT2D eigenvalue weighted by atomic mass is 10.1. The molecule has 6 heteroatoms. The second-order valence-electron chi connectivity index (χ2n) is 4.65. The first-order valence-corrected chi connectivity index (χ1v) is 6.52. The molecule has 112 valence electrons. The number of benzene rings is 2. The largest absolute Gasteiger partial charge is 0.416 e. The molecule has 0 atom stereocenters. The van der Waals surface area contributed by atoms with Crippen molar-refractivity contribution in [2.75, 3.05) is 5.48 Å². The quantitative estimate of drug-likeness (QED) is 0.768. The molecule has 2 aromatic rings. The molecule has 0 radical (unpaired) electrons. The fraction of sp³-hybridized carbons (Fsp3) is 0.200. The lowest BCUT2D eigenvalue weighted by Crippen LogP contribution is -2.08. The third-order valence-corrected chi connectivity index (χ3v) is 3.48. The minimum atomic E-state index is -4.38. The number of anilines is 1. The van der Waals surface area contributed by atoms with Crippen LogP contribution in [0.25, 0.3) is 0 Å². The van der Waals surface area contributed by atoms with E-state index >= 15 is 0 Å². The van der Waals surface area contributed by atoms with Crippen LogP contribution >= 0.6 is 11.6 Å². The lowest BCUT2D eigenvalue weighted by Gasteiger charge is -2.12. The van der Waals surface area contributed by atoms with Gasteiger partial charge in [-0.2, -0.15) is 13.2 Å². The van der Waals surface area contributed by atoms with Crippen LogP contribution in [0.3, 0.4) is 0 Å². The van der Waals surface area contributed by atoms with E-state index in [9.17, 15) is 13.2 Å². The van der Waals surface area contributed by atoms with E-state index < -0.39 is 11.7 Å². The van der Waals surface area contributed by atoms with E-state index in [1.165, 1.54) is 12.1 Å². The molecule has 0 saturated heterocycles. The smallest absolute Gasteiger partial charge is 0.382 e. The van der Waals surface area contributed by atoms with Gasteiger partial charge in [0.1, 0.15) is 0 Å². The van der Waals surface area contributed by atoms with Gasteiger partial charge in [-0.1, -0.05) is 17.7 Å². The third kappa shape index (κ3) is 3.82. The summed E-state index contributed by atoms with van der Waals surface area (Å²) in [5.41, 5.74) is 3.65. The topological polar surface area (TPSA) is 21.3 Å². The van der Waals surface area contributed by atoms with Gasteiger partial charge >= 0.3 is 6.18 Å². The Balaban J connectivity index is 2.14. The van der Waals surface area contributed by atoms with Gasteiger partial charge in [-0.3, -0.25) is 0 Å². The van der Waals surface area contributed by atoms with Gasteiger partial charge in [-0.15, -0.1) is 0 Å². The highest BCUT2D eigenvalue weighted by atomic mass is 35.5. The molecule has 21 heavy (non-hydrogen) atoms. The Bertz CT molecular complexity index is 633. The number of halogens is 4. The zero-order valence-corrected chi connectivity index (χ0v) is 12.1. The number of hydrogen-bond donors (Lipinski definition) is 1. The highest BCUT2D eigenvalue weighted by molar-refractivity contribution is 6.32. The summed E-state index contributed by atoms with van der Waals surface area (Å²) in [5, 5.41) is 0.640. The van der Waals surface area contributed by atoms with Gasteiger partial charge in [-0.05, 0) is 55.3 Å². The average Bonchev–Trinajstić information content (AvgIpc) is 2.42. The highest BCUT2D eigenvalue weighted by Gasteiger charge is 2.30. The maximum Gasteiger partial charge on any atom is 0.416 e. The average molecular weight is 316 g/mol. The van der Waals surface area contributed by atoms with Crippen molar-refractivity contribution in [2.45, 2.75) is 20.0 Å². The number of alkyl halides is 3. The van der Waals surface area contributed by atoms with Crippen LogP contribution in [0.5, 0.6) is 5.75 Å². The predicted molar refractivity (Wildman–Crippen MR) is 76.6 cm³/mol. The maximum absolute atomic E-state index is 12.6. The molecule has 2 rings (SSSR count). The molecule has 0 saturated carbocycles. The Morgan fingerprint density at radius 2 is 1.67 bits per heavy atom. The van der Waals surface area contributed by atoms with E-state index in [-0.39, 0.29) is 5.69 Å². The predicted octanol–water partition coefficient (Wildman–Crippen LogP) is 5.38. The van der Waals surface area contributed by atoms with Gasteiger partial charge in [0.05, 0.1) is 11.3 Å². The van der Waals surface area contributed by atoms with E-state index in [4.69, 9.17) is 16.4 Å². The molecule has 0 aromatic heterocycles. The van der Waals surface area contributed by atoms with Crippen molar-refractivity contribution in [3.63, 3.8) is 0 Å². The van der Waals surface area contributed by atoms with Crippen LogP contribution in [0.2, 0.25) is 5.02 Å². The zero-order chi connectivity index (χ0) is 15.6. The third-order valence-electron chi connectivity index (χ3n) is 2.89. The molecule has 2 aromatic carbocycles. The minimum absolute atomic E-state index is 0.218. The van der Waals surface area contributed by atoms with Crippen LogP contribution in [0.4, 0.5) is 18.9 Å². The summed E-state index contributed by atoms with van der Waals surface area (Å²) >= 11 is 6.04. The number of rotatable bonds is 3. The van der Waals surface area contributed by atoms with E-state index in [0.29, 0.717) is 10.8 Å². The normalized spacial score (nSPS) is 11.3. The first-order valence-electron chi connectivity index (χ1n) is 6.14. The second kappa shape index (κ2) is 5.85. The first kappa shape index (κ1) is 15.5. The van der Waals surface area contributed by atoms with Crippen molar-refractivity contribution in [2.24, 2.45) is 0 Å². The van der Waals surface area contributed by atoms with Gasteiger partial charge in [-0.25, -0.2) is 5.48 Å². The summed E-state index contributed by atoms with van der Waals surface area (Å²) in [4.78, 5) is 5.30. The van der Waals surface area contributed by atoms with Gasteiger partial charge in [0.15, 0.2) is 5.75 Å². The van der Waals surface area contributed by atoms with Crippen molar-refractivity contribution in [3.05, 3.63) is 58.1 Å². The Labute approximate surface area is 125 Å². The molecule has 0 aliphatic rings. The Hall–Kier alpha value is -1.88. The molecule has 1 N–H and O–H groups in total. The molecule has 0 aliphatic carbocycles. The summed E-state index contributed by atoms with van der Waals surface area (Å²) in [6.07, 6.45) is -4.38. The van der Waals surface area contributed by atoms with E-state index in [0.717, 1.165) is 23.3 Å². The first-order chi connectivity index (χ1) is 9.77. The van der Waals surface area contributed by atoms with E-state index in [2.05, 4.69) is 5.48 Å². The molecule has 0 bridgehead atoms. The summed E-state index contributed by atoms with van der Waals surface area (Å²) in [5.74, 6) is 0.479. The molecule has 0 amide bonds. The van der Waals surface area contributed by atoms with Crippen molar-refractivity contribution in [1.82, 2.24) is 0 Å². The minimum Gasteiger partial charge on any atom is -0.382 e. The SMILES string of the molecule is Cc1cc(ONc2cccc(C(F)(F)F)c2)cc(C)c1Cl. The van der Waals surface area contributed by atoms with E-state index in [1.807, 2.05) is 13.8 Å². The molecule has 2 nitrogen and oxygen atoms in total. The number of nitrogens with one attached hydrogen (secondary N) is 1. The molecule has 0 heterocycles. The second-order valence-corrected chi connectivity index (χ2v) is 5.03. The fourth-order valence-electron chi connectivity index (χ4n) is 1.84. The van der Waals surface area contributed by atoms with Crippen LogP contribution in [-0.4, -0.2) is 0 Å². The Kier molecular flexibility index (Phi) is 4.32. The molecule has 0 aliphatic heterocycles. The van der Waals surface area contributed by atoms with Crippen LogP contribution in [-0.2, 0) is 6.18 Å². The van der Waals surface area contributed by atoms with Gasteiger partial charge in [0, 0.05) is 5.02 Å². The lowest BCUT2D eigenvalue weighted by molar-refractivity contribution is -0.137. The van der Waals surface area contributed by atoms with Crippen molar-refractivity contribution >= 4 is 17.3 Å². The molecular weight excluding hydrogens is 303 g/mol. The maximum atomic E-state index is 12.6. The Morgan fingerprint density at radius 1 is 1.05 bits per heavy atom. The zero-order valence-electron chi connectivity index (χ0n) is 11.4. The van der Waals surface area contributed by atoms with Gasteiger partial charge < -0.3 is 4.84 Å². The molecule has 0 unspecified atom stereocenters. The number of aryl methyl sites for hydroxylation is 2. The van der Waals surface area contributed by atoms with Crippen molar-refractivity contribution < 1.29 is 18.0 Å². The monoisotopic (exact) mass is 315 g/mol. The number of hydrogen-bond acceptors (Lipinski definition) is 2. The highest BCUT2D eigenvalue weighted by Crippen LogP contribution is 2.31. The van der Waals surface area contributed by atoms with Gasteiger partial charge in [0.25, 0.3) is 0 Å². The fourth-order valence-corrected chi connectivity index (χ4v) is 1.95. The summed E-state index contributed by atoms with van der Waals surface area (Å²) in [6, 6.07) is 8.20. The van der Waals surface area contributed by atoms with E-state index in [1.54, 1.807) is 12.1 Å². The summed E-state index contributed by atoms with van der Waals surface area (Å²) in [7, 11) is 0. The van der Waals surface area contributed by atoms with Crippen LogP contribution in [0.1, 0.15) is 16.7 Å². The standard InChI is InChI=1S/C15H13ClF3NO/c1-9-6-13(7-10(2)14(9)16)21-20-12-5-3-4-11(8-12)15(17,18)19/h3-8,20H,1-2H3. The molecule has 0 spiro atoms. The van der Waals surface area contributed by atoms with Crippen molar-refractivity contribution in [3.8, 4) is 5.75 Å². The summed E-state index contributed by atoms with van der Waals surface area (Å²) < 4.78 is 37.8. The Morgan fingerprint density at radius 3 is 2.24 bits per heavy atom. The van der Waals surface area contributed by atoms with Crippen LogP contribution in [0, 0.1) is 13.8 Å². The van der Waals surface area contributed by atoms with Crippen LogP contribution in [0.15, 0.2) is 36.4 Å². The van der Waals surface area contributed by atoms with Gasteiger partial charge in [0.2, 0.25) is 0 Å². The summed E-state index contributed by atoms with van der Waals surface area (Å²) in [6.45, 7) is 3.65.